The van der Waals surface area contributed by atoms with Crippen molar-refractivity contribution in [2.75, 3.05) is 24.8 Å². The molecule has 0 fully saturated rings. The molecule has 0 radical (unpaired) electrons. The van der Waals surface area contributed by atoms with Gasteiger partial charge in [-0.15, -0.1) is 10.2 Å². The Labute approximate surface area is 147 Å². The van der Waals surface area contributed by atoms with E-state index in [2.05, 4.69) is 22.4 Å². The van der Waals surface area contributed by atoms with Gasteiger partial charge < -0.3 is 14.6 Å². The van der Waals surface area contributed by atoms with E-state index < -0.39 is 0 Å². The van der Waals surface area contributed by atoms with E-state index in [1.807, 2.05) is 36.6 Å². The summed E-state index contributed by atoms with van der Waals surface area (Å²) >= 11 is 1.39. The van der Waals surface area contributed by atoms with Crippen LogP contribution in [-0.4, -0.2) is 40.1 Å². The Morgan fingerprint density at radius 1 is 1.33 bits per heavy atom. The Morgan fingerprint density at radius 2 is 2.12 bits per heavy atom. The highest BCUT2D eigenvalue weighted by Crippen LogP contribution is 2.22. The van der Waals surface area contributed by atoms with E-state index in [1.165, 1.54) is 11.8 Å². The van der Waals surface area contributed by atoms with Gasteiger partial charge in [-0.25, -0.2) is 0 Å². The third kappa shape index (κ3) is 4.58. The summed E-state index contributed by atoms with van der Waals surface area (Å²) in [5, 5.41) is 12.0. The number of amides is 1. The summed E-state index contributed by atoms with van der Waals surface area (Å²) in [5.41, 5.74) is 3.14. The van der Waals surface area contributed by atoms with Gasteiger partial charge >= 0.3 is 0 Å². The second-order valence-electron chi connectivity index (χ2n) is 5.47. The molecule has 1 heterocycles. The van der Waals surface area contributed by atoms with Crippen molar-refractivity contribution in [3.8, 4) is 0 Å². The van der Waals surface area contributed by atoms with Crippen molar-refractivity contribution < 1.29 is 9.53 Å². The van der Waals surface area contributed by atoms with Crippen molar-refractivity contribution in [3.63, 3.8) is 0 Å². The van der Waals surface area contributed by atoms with Gasteiger partial charge in [0.05, 0.1) is 12.4 Å². The Balaban J connectivity index is 2.00. The third-order valence-electron chi connectivity index (χ3n) is 3.76. The zero-order valence-electron chi connectivity index (χ0n) is 14.6. The van der Waals surface area contributed by atoms with Crippen LogP contribution in [0.1, 0.15) is 23.9 Å². The molecular formula is C17H24N4O2S. The molecular weight excluding hydrogens is 324 g/mol. The zero-order chi connectivity index (χ0) is 17.5. The molecule has 0 saturated carbocycles. The number of nitrogens with zero attached hydrogens (tertiary/aromatic N) is 3. The first-order valence-electron chi connectivity index (χ1n) is 7.96. The van der Waals surface area contributed by atoms with Crippen LogP contribution in [0.2, 0.25) is 0 Å². The predicted molar refractivity (Wildman–Crippen MR) is 96.5 cm³/mol. The molecule has 1 N–H and O–H groups in total. The van der Waals surface area contributed by atoms with Crippen LogP contribution in [0.25, 0.3) is 0 Å². The van der Waals surface area contributed by atoms with Crippen molar-refractivity contribution in [1.29, 1.82) is 0 Å². The SMILES string of the molecule is CCc1cccc(C)c1NC(=O)CSc1nnc(C)n1CCOC. The van der Waals surface area contributed by atoms with Crippen LogP contribution in [0.15, 0.2) is 23.4 Å². The number of methoxy groups -OCH3 is 1. The highest BCUT2D eigenvalue weighted by Gasteiger charge is 2.13. The molecule has 24 heavy (non-hydrogen) atoms. The number of para-hydroxylation sites is 1. The second kappa shape index (κ2) is 8.84. The number of ether oxygens (including phenoxy) is 1. The minimum atomic E-state index is -0.0389. The van der Waals surface area contributed by atoms with E-state index >= 15 is 0 Å². The first-order chi connectivity index (χ1) is 11.6. The van der Waals surface area contributed by atoms with Gasteiger partial charge in [-0.05, 0) is 31.4 Å². The molecule has 0 bridgehead atoms. The number of rotatable bonds is 8. The number of anilines is 1. The number of carbonyl (C=O) groups excluding carboxylic acids is 1. The van der Waals surface area contributed by atoms with E-state index in [9.17, 15) is 4.79 Å². The Hall–Kier alpha value is -1.86. The quantitative estimate of drug-likeness (QED) is 0.743. The van der Waals surface area contributed by atoms with Crippen LogP contribution in [0.5, 0.6) is 0 Å². The van der Waals surface area contributed by atoms with Crippen LogP contribution in [0, 0.1) is 13.8 Å². The first kappa shape index (κ1) is 18.5. The van der Waals surface area contributed by atoms with Gasteiger partial charge in [0.25, 0.3) is 0 Å². The molecule has 0 atom stereocenters. The van der Waals surface area contributed by atoms with Crippen molar-refractivity contribution in [2.45, 2.75) is 38.9 Å². The summed E-state index contributed by atoms with van der Waals surface area (Å²) in [6, 6.07) is 6.06. The van der Waals surface area contributed by atoms with E-state index in [-0.39, 0.29) is 5.91 Å². The molecule has 0 aliphatic carbocycles. The number of thioether (sulfide) groups is 1. The molecule has 0 aliphatic rings. The minimum Gasteiger partial charge on any atom is -0.383 e. The van der Waals surface area contributed by atoms with E-state index in [1.54, 1.807) is 7.11 Å². The van der Waals surface area contributed by atoms with Gasteiger partial charge in [0.15, 0.2) is 5.16 Å². The van der Waals surface area contributed by atoms with Gasteiger partial charge in [-0.3, -0.25) is 4.79 Å². The van der Waals surface area contributed by atoms with Gasteiger partial charge in [-0.2, -0.15) is 0 Å². The van der Waals surface area contributed by atoms with Gasteiger partial charge in [0.1, 0.15) is 5.82 Å². The lowest BCUT2D eigenvalue weighted by Gasteiger charge is -2.13. The molecule has 0 saturated heterocycles. The number of nitrogens with one attached hydrogen (secondary N) is 1. The van der Waals surface area contributed by atoms with Gasteiger partial charge in [0, 0.05) is 19.3 Å². The molecule has 2 aromatic rings. The number of hydrogen-bond donors (Lipinski definition) is 1. The average Bonchev–Trinajstić information content (AvgIpc) is 2.92. The summed E-state index contributed by atoms with van der Waals surface area (Å²) in [5.74, 6) is 1.08. The first-order valence-corrected chi connectivity index (χ1v) is 8.95. The van der Waals surface area contributed by atoms with Gasteiger partial charge in [0.2, 0.25) is 5.91 Å². The van der Waals surface area contributed by atoms with Crippen LogP contribution >= 0.6 is 11.8 Å². The fourth-order valence-electron chi connectivity index (χ4n) is 2.42. The second-order valence-corrected chi connectivity index (χ2v) is 6.42. The largest absolute Gasteiger partial charge is 0.383 e. The Morgan fingerprint density at radius 3 is 2.83 bits per heavy atom. The minimum absolute atomic E-state index is 0.0389. The molecule has 0 unspecified atom stereocenters. The summed E-state index contributed by atoms with van der Waals surface area (Å²) in [4.78, 5) is 12.3. The topological polar surface area (TPSA) is 69.0 Å². The predicted octanol–water partition coefficient (Wildman–Crippen LogP) is 2.83. The van der Waals surface area contributed by atoms with Crippen LogP contribution < -0.4 is 5.32 Å². The molecule has 0 spiro atoms. The lowest BCUT2D eigenvalue weighted by molar-refractivity contribution is -0.113. The van der Waals surface area contributed by atoms with Crippen LogP contribution in [0.4, 0.5) is 5.69 Å². The number of aryl methyl sites for hydroxylation is 3. The average molecular weight is 348 g/mol. The van der Waals surface area contributed by atoms with E-state index in [4.69, 9.17) is 4.74 Å². The third-order valence-corrected chi connectivity index (χ3v) is 4.72. The lowest BCUT2D eigenvalue weighted by atomic mass is 10.1. The number of carbonyl (C=O) groups is 1. The Kier molecular flexibility index (Phi) is 6.81. The van der Waals surface area contributed by atoms with E-state index in [0.29, 0.717) is 18.9 Å². The van der Waals surface area contributed by atoms with Crippen LogP contribution in [-0.2, 0) is 22.5 Å². The summed E-state index contributed by atoms with van der Waals surface area (Å²) in [7, 11) is 1.66. The molecule has 130 valence electrons. The molecule has 6 nitrogen and oxygen atoms in total. The summed E-state index contributed by atoms with van der Waals surface area (Å²) in [6.07, 6.45) is 0.884. The van der Waals surface area contributed by atoms with Crippen molar-refractivity contribution in [3.05, 3.63) is 35.2 Å². The maximum atomic E-state index is 12.3. The maximum Gasteiger partial charge on any atom is 0.234 e. The molecule has 1 aromatic carbocycles. The van der Waals surface area contributed by atoms with Crippen molar-refractivity contribution in [2.24, 2.45) is 0 Å². The molecule has 2 rings (SSSR count). The highest BCUT2D eigenvalue weighted by atomic mass is 32.2. The molecule has 0 aliphatic heterocycles. The molecule has 7 heteroatoms. The zero-order valence-corrected chi connectivity index (χ0v) is 15.4. The fraction of sp³-hybridized carbons (Fsp3) is 0.471. The number of aromatic nitrogens is 3. The highest BCUT2D eigenvalue weighted by molar-refractivity contribution is 7.99. The lowest BCUT2D eigenvalue weighted by Crippen LogP contribution is -2.17. The van der Waals surface area contributed by atoms with Crippen LogP contribution in [0.3, 0.4) is 0 Å². The summed E-state index contributed by atoms with van der Waals surface area (Å²) < 4.78 is 7.07. The number of benzene rings is 1. The van der Waals surface area contributed by atoms with Crippen molar-refractivity contribution in [1.82, 2.24) is 14.8 Å². The fourth-order valence-corrected chi connectivity index (χ4v) is 3.23. The Bertz CT molecular complexity index is 700. The standard InChI is InChI=1S/C17H24N4O2S/c1-5-14-8-6-7-12(2)16(14)18-15(22)11-24-17-20-19-13(3)21(17)9-10-23-4/h6-8H,5,9-11H2,1-4H3,(H,18,22). The summed E-state index contributed by atoms with van der Waals surface area (Å²) in [6.45, 7) is 7.25. The smallest absolute Gasteiger partial charge is 0.234 e. The molecule has 1 amide bonds. The van der Waals surface area contributed by atoms with Crippen molar-refractivity contribution >= 4 is 23.4 Å². The van der Waals surface area contributed by atoms with Gasteiger partial charge in [-0.1, -0.05) is 36.9 Å². The monoisotopic (exact) mass is 348 g/mol. The number of hydrogen-bond acceptors (Lipinski definition) is 5. The normalized spacial score (nSPS) is 10.8. The molecule has 1 aromatic heterocycles. The van der Waals surface area contributed by atoms with E-state index in [0.717, 1.165) is 34.2 Å². The maximum absolute atomic E-state index is 12.3.